The number of anilines is 1. The van der Waals surface area contributed by atoms with E-state index in [2.05, 4.69) is 33.1 Å². The summed E-state index contributed by atoms with van der Waals surface area (Å²) < 4.78 is 5.84. The molecule has 0 radical (unpaired) electrons. The van der Waals surface area contributed by atoms with Crippen molar-refractivity contribution < 1.29 is 9.84 Å². The molecule has 0 amide bonds. The van der Waals surface area contributed by atoms with Crippen LogP contribution in [0.25, 0.3) is 17.2 Å². The van der Waals surface area contributed by atoms with Crippen LogP contribution in [0.4, 0.5) is 5.82 Å². The summed E-state index contributed by atoms with van der Waals surface area (Å²) in [5.74, 6) is 0.457. The van der Waals surface area contributed by atoms with Gasteiger partial charge in [-0.15, -0.1) is 0 Å². The van der Waals surface area contributed by atoms with E-state index in [-0.39, 0.29) is 11.6 Å². The topological polar surface area (TPSA) is 116 Å². The van der Waals surface area contributed by atoms with E-state index < -0.39 is 0 Å². The number of pyridine rings is 1. The number of nitrogens with zero attached hydrogens (tertiary/aromatic N) is 3. The summed E-state index contributed by atoms with van der Waals surface area (Å²) in [7, 11) is 1.47. The van der Waals surface area contributed by atoms with E-state index >= 15 is 0 Å². The number of ether oxygens (including phenoxy) is 1. The summed E-state index contributed by atoms with van der Waals surface area (Å²) in [5, 5.41) is 28.9. The Kier molecular flexibility index (Phi) is 4.65. The zero-order valence-electron chi connectivity index (χ0n) is 14.9. The SMILES string of the molecule is COc1cc(C=C2C(C)=C(C#N)c3nc(N)c(C#N)c(C)c32)c(Br)cc1O. The number of aromatic nitrogens is 1. The van der Waals surface area contributed by atoms with Gasteiger partial charge in [-0.05, 0) is 54.3 Å². The average Bonchev–Trinajstić information content (AvgIpc) is 2.88. The van der Waals surface area contributed by atoms with Gasteiger partial charge >= 0.3 is 0 Å². The van der Waals surface area contributed by atoms with E-state index in [0.29, 0.717) is 38.2 Å². The van der Waals surface area contributed by atoms with Crippen molar-refractivity contribution in [2.75, 3.05) is 12.8 Å². The molecule has 1 aliphatic carbocycles. The number of nitrogens with two attached hydrogens (primary N) is 1. The number of hydrogen-bond donors (Lipinski definition) is 2. The number of nitrogen functional groups attached to an aromatic ring is 1. The van der Waals surface area contributed by atoms with E-state index in [1.54, 1.807) is 19.1 Å². The monoisotopic (exact) mass is 422 g/mol. The Morgan fingerprint density at radius 1 is 1.26 bits per heavy atom. The van der Waals surface area contributed by atoms with Crippen LogP contribution in [0, 0.1) is 29.6 Å². The van der Waals surface area contributed by atoms with Crippen molar-refractivity contribution in [1.29, 1.82) is 10.5 Å². The number of phenolic OH excluding ortho intramolecular Hbond substituents is 1. The molecule has 0 spiro atoms. The smallest absolute Gasteiger partial charge is 0.161 e. The number of allylic oxidation sites excluding steroid dienone is 3. The molecule has 1 aromatic heterocycles. The molecule has 0 fully saturated rings. The van der Waals surface area contributed by atoms with Gasteiger partial charge in [0.2, 0.25) is 0 Å². The predicted octanol–water partition coefficient (Wildman–Crippen LogP) is 4.17. The minimum absolute atomic E-state index is 0.0145. The molecule has 3 rings (SSSR count). The molecule has 0 atom stereocenters. The molecular weight excluding hydrogens is 408 g/mol. The number of rotatable bonds is 2. The fourth-order valence-corrected chi connectivity index (χ4v) is 3.63. The molecule has 0 bridgehead atoms. The standard InChI is InChI=1S/C20H15BrN4O2/c1-9-12(4-11-5-17(27-3)16(26)6-15(11)21)18-10(2)14(8-23)20(24)25-19(18)13(9)7-22/h4-6,26H,1-3H3,(H2,24,25). The molecule has 1 heterocycles. The highest BCUT2D eigenvalue weighted by molar-refractivity contribution is 9.10. The molecule has 27 heavy (non-hydrogen) atoms. The zero-order valence-corrected chi connectivity index (χ0v) is 16.5. The van der Waals surface area contributed by atoms with E-state index in [1.165, 1.54) is 7.11 Å². The molecule has 0 aliphatic heterocycles. The molecule has 1 aromatic carbocycles. The first kappa shape index (κ1) is 18.5. The second kappa shape index (κ2) is 6.79. The van der Waals surface area contributed by atoms with Crippen molar-refractivity contribution in [2.24, 2.45) is 0 Å². The van der Waals surface area contributed by atoms with Gasteiger partial charge in [0.1, 0.15) is 18.0 Å². The minimum Gasteiger partial charge on any atom is -0.504 e. The lowest BCUT2D eigenvalue weighted by Gasteiger charge is -2.12. The Morgan fingerprint density at radius 2 is 1.96 bits per heavy atom. The van der Waals surface area contributed by atoms with Crippen molar-refractivity contribution in [2.45, 2.75) is 13.8 Å². The Morgan fingerprint density at radius 3 is 2.56 bits per heavy atom. The third-order valence-corrected chi connectivity index (χ3v) is 5.27. The lowest BCUT2D eigenvalue weighted by atomic mass is 9.95. The Balaban J connectivity index is 2.34. The first-order valence-corrected chi connectivity index (χ1v) is 8.73. The largest absolute Gasteiger partial charge is 0.504 e. The quantitative estimate of drug-likeness (QED) is 0.749. The number of methoxy groups -OCH3 is 1. The molecule has 6 nitrogen and oxygen atoms in total. The number of hydrogen-bond acceptors (Lipinski definition) is 6. The van der Waals surface area contributed by atoms with Crippen molar-refractivity contribution in [3.63, 3.8) is 0 Å². The van der Waals surface area contributed by atoms with E-state index in [1.807, 2.05) is 13.0 Å². The van der Waals surface area contributed by atoms with Gasteiger partial charge in [-0.2, -0.15) is 10.5 Å². The highest BCUT2D eigenvalue weighted by Crippen LogP contribution is 2.45. The molecule has 0 saturated heterocycles. The van der Waals surface area contributed by atoms with Crippen LogP contribution in [0.1, 0.15) is 34.9 Å². The molecule has 0 unspecified atom stereocenters. The van der Waals surface area contributed by atoms with Gasteiger partial charge in [0.15, 0.2) is 11.5 Å². The molecule has 0 saturated carbocycles. The fourth-order valence-electron chi connectivity index (χ4n) is 3.18. The summed E-state index contributed by atoms with van der Waals surface area (Å²) in [5.41, 5.74) is 10.8. The molecule has 1 aliphatic rings. The molecule has 134 valence electrons. The maximum absolute atomic E-state index is 9.92. The summed E-state index contributed by atoms with van der Waals surface area (Å²) in [6.45, 7) is 3.63. The van der Waals surface area contributed by atoms with Gasteiger partial charge in [-0.25, -0.2) is 4.98 Å². The summed E-state index contributed by atoms with van der Waals surface area (Å²) >= 11 is 3.44. The molecule has 7 heteroatoms. The number of phenols is 1. The van der Waals surface area contributed by atoms with Crippen molar-refractivity contribution in [3.05, 3.63) is 50.1 Å². The normalized spacial score (nSPS) is 14.1. The van der Waals surface area contributed by atoms with Gasteiger partial charge in [0.05, 0.1) is 23.9 Å². The van der Waals surface area contributed by atoms with Crippen molar-refractivity contribution in [1.82, 2.24) is 4.98 Å². The van der Waals surface area contributed by atoms with Crippen LogP contribution < -0.4 is 10.5 Å². The molecule has 2 aromatic rings. The van der Waals surface area contributed by atoms with E-state index in [0.717, 1.165) is 16.7 Å². The number of nitriles is 2. The number of fused-ring (bicyclic) bond motifs is 1. The Labute approximate surface area is 165 Å². The third kappa shape index (κ3) is 2.83. The highest BCUT2D eigenvalue weighted by atomic mass is 79.9. The maximum atomic E-state index is 9.92. The van der Waals surface area contributed by atoms with Crippen LogP contribution >= 0.6 is 15.9 Å². The van der Waals surface area contributed by atoms with Gasteiger partial charge in [0.25, 0.3) is 0 Å². The lowest BCUT2D eigenvalue weighted by Crippen LogP contribution is -2.03. The second-order valence-electron chi connectivity index (χ2n) is 6.05. The number of benzene rings is 1. The predicted molar refractivity (Wildman–Crippen MR) is 107 cm³/mol. The summed E-state index contributed by atoms with van der Waals surface area (Å²) in [4.78, 5) is 4.31. The summed E-state index contributed by atoms with van der Waals surface area (Å²) in [6.07, 6.45) is 1.87. The third-order valence-electron chi connectivity index (χ3n) is 4.58. The molecular formula is C20H15BrN4O2. The van der Waals surface area contributed by atoms with Crippen LogP contribution in [0.5, 0.6) is 11.5 Å². The Hall–Kier alpha value is -3.29. The number of aromatic hydroxyl groups is 1. The van der Waals surface area contributed by atoms with Crippen LogP contribution in [0.2, 0.25) is 0 Å². The van der Waals surface area contributed by atoms with Gasteiger partial charge in [-0.1, -0.05) is 15.9 Å². The number of halogens is 1. The van der Waals surface area contributed by atoms with Gasteiger partial charge < -0.3 is 15.6 Å². The first-order chi connectivity index (χ1) is 12.8. The fraction of sp³-hybridized carbons (Fsp3) is 0.150. The van der Waals surface area contributed by atoms with E-state index in [9.17, 15) is 15.6 Å². The van der Waals surface area contributed by atoms with Crippen molar-refractivity contribution >= 4 is 39.0 Å². The minimum atomic E-state index is 0.0145. The highest BCUT2D eigenvalue weighted by Gasteiger charge is 2.29. The average molecular weight is 423 g/mol. The van der Waals surface area contributed by atoms with Crippen LogP contribution in [-0.2, 0) is 0 Å². The van der Waals surface area contributed by atoms with Gasteiger partial charge in [0, 0.05) is 10.0 Å². The van der Waals surface area contributed by atoms with Crippen LogP contribution in [0.15, 0.2) is 22.2 Å². The first-order valence-electron chi connectivity index (χ1n) is 7.94. The summed E-state index contributed by atoms with van der Waals surface area (Å²) in [6, 6.07) is 7.50. The Bertz CT molecular complexity index is 1130. The van der Waals surface area contributed by atoms with Gasteiger partial charge in [-0.3, -0.25) is 0 Å². The second-order valence-corrected chi connectivity index (χ2v) is 6.90. The van der Waals surface area contributed by atoms with Crippen LogP contribution in [-0.4, -0.2) is 17.2 Å². The lowest BCUT2D eigenvalue weighted by molar-refractivity contribution is 0.373. The maximum Gasteiger partial charge on any atom is 0.161 e. The van der Waals surface area contributed by atoms with Crippen molar-refractivity contribution in [3.8, 4) is 23.6 Å². The molecule has 3 N–H and O–H groups in total. The zero-order chi connectivity index (χ0) is 19.9. The van der Waals surface area contributed by atoms with Crippen LogP contribution in [0.3, 0.4) is 0 Å². The van der Waals surface area contributed by atoms with E-state index in [4.69, 9.17) is 10.5 Å².